The fraction of sp³-hybridized carbons (Fsp3) is 0.619. The van der Waals surface area contributed by atoms with E-state index in [2.05, 4.69) is 33.3 Å². The Morgan fingerprint density at radius 2 is 1.70 bits per heavy atom. The predicted molar refractivity (Wildman–Crippen MR) is 110 cm³/mol. The summed E-state index contributed by atoms with van der Waals surface area (Å²) in [6.45, 7) is 6.10. The zero-order valence-corrected chi connectivity index (χ0v) is 16.6. The first kappa shape index (κ1) is 17.4. The highest BCUT2D eigenvalue weighted by molar-refractivity contribution is 7.22. The molecular weight excluding hydrogens is 356 g/mol. The van der Waals surface area contributed by atoms with Crippen molar-refractivity contribution in [3.63, 3.8) is 0 Å². The number of nitrogens with one attached hydrogen (secondary N) is 1. The van der Waals surface area contributed by atoms with E-state index in [1.54, 1.807) is 11.3 Å². The van der Waals surface area contributed by atoms with Crippen LogP contribution in [0, 0.1) is 17.8 Å². The molecule has 2 aromatic rings. The molecule has 0 unspecified atom stereocenters. The highest BCUT2D eigenvalue weighted by Gasteiger charge is 2.34. The number of hydrogen-bond acceptors (Lipinski definition) is 5. The third-order valence-corrected chi connectivity index (χ3v) is 7.83. The Hall–Kier alpha value is -1.66. The van der Waals surface area contributed by atoms with E-state index < -0.39 is 0 Å². The van der Waals surface area contributed by atoms with Crippen molar-refractivity contribution >= 4 is 32.6 Å². The second kappa shape index (κ2) is 7.40. The summed E-state index contributed by atoms with van der Waals surface area (Å²) in [5.74, 6) is 2.17. The minimum atomic E-state index is 0.201. The summed E-state index contributed by atoms with van der Waals surface area (Å²) in [6.07, 6.45) is 4.27. The lowest BCUT2D eigenvalue weighted by atomic mass is 9.92. The van der Waals surface area contributed by atoms with E-state index in [9.17, 15) is 4.79 Å². The Balaban J connectivity index is 1.19. The number of aromatic nitrogens is 1. The van der Waals surface area contributed by atoms with Crippen LogP contribution in [0.3, 0.4) is 0 Å². The van der Waals surface area contributed by atoms with Crippen molar-refractivity contribution in [1.82, 2.24) is 15.2 Å². The van der Waals surface area contributed by atoms with Crippen LogP contribution in [0.15, 0.2) is 24.3 Å². The number of likely N-dealkylation sites (tertiary alicyclic amines) is 1. The lowest BCUT2D eigenvalue weighted by molar-refractivity contribution is -0.136. The molecule has 27 heavy (non-hydrogen) atoms. The van der Waals surface area contributed by atoms with Crippen molar-refractivity contribution < 1.29 is 4.79 Å². The summed E-state index contributed by atoms with van der Waals surface area (Å²) < 4.78 is 1.25. The van der Waals surface area contributed by atoms with Crippen LogP contribution in [-0.4, -0.2) is 55.1 Å². The Morgan fingerprint density at radius 1 is 1.00 bits per heavy atom. The number of thiazole rings is 1. The maximum atomic E-state index is 13.1. The molecule has 0 radical (unpaired) electrons. The molecule has 3 aliphatic rings. The number of para-hydroxylation sites is 1. The predicted octanol–water partition coefficient (Wildman–Crippen LogP) is 2.97. The number of carbonyl (C=O) groups excluding carboxylic acids is 1. The topological polar surface area (TPSA) is 48.5 Å². The average Bonchev–Trinajstić information content (AvgIpc) is 3.30. The second-order valence-electron chi connectivity index (χ2n) is 8.31. The first-order chi connectivity index (χ1) is 13.3. The number of nitrogens with zero attached hydrogens (tertiary/aromatic N) is 3. The van der Waals surface area contributed by atoms with Gasteiger partial charge in [0.15, 0.2) is 5.13 Å². The van der Waals surface area contributed by atoms with Gasteiger partial charge < -0.3 is 15.1 Å². The minimum absolute atomic E-state index is 0.201. The molecule has 1 aromatic heterocycles. The van der Waals surface area contributed by atoms with Crippen molar-refractivity contribution in [3.8, 4) is 0 Å². The fourth-order valence-electron chi connectivity index (χ4n) is 5.01. The van der Waals surface area contributed by atoms with Crippen LogP contribution in [0.2, 0.25) is 0 Å². The van der Waals surface area contributed by atoms with Gasteiger partial charge in [-0.1, -0.05) is 23.5 Å². The maximum Gasteiger partial charge on any atom is 0.225 e. The number of fused-ring (bicyclic) bond motifs is 2. The maximum absolute atomic E-state index is 13.1. The molecule has 3 fully saturated rings. The normalized spacial score (nSPS) is 27.0. The van der Waals surface area contributed by atoms with E-state index in [1.165, 1.54) is 17.5 Å². The van der Waals surface area contributed by atoms with Crippen LogP contribution >= 0.6 is 11.3 Å². The molecule has 2 atom stereocenters. The average molecular weight is 385 g/mol. The molecule has 3 aliphatic heterocycles. The Bertz CT molecular complexity index is 766. The molecule has 5 rings (SSSR count). The number of hydrogen-bond donors (Lipinski definition) is 1. The summed E-state index contributed by atoms with van der Waals surface area (Å²) in [5.41, 5.74) is 1.08. The number of carbonyl (C=O) groups is 1. The third-order valence-electron chi connectivity index (χ3n) is 6.73. The van der Waals surface area contributed by atoms with Gasteiger partial charge in [-0.2, -0.15) is 0 Å². The standard InChI is InChI=1S/C21H28N4OS/c26-20(24-9-7-16-13-22-14-17(16)8-10-24)15-5-11-25(12-6-15)21-23-18-3-1-2-4-19(18)27-21/h1-4,15-17,22H,5-14H2/t16-,17+. The fourth-order valence-corrected chi connectivity index (χ4v) is 6.03. The Morgan fingerprint density at radius 3 is 2.41 bits per heavy atom. The SMILES string of the molecule is O=C(C1CCN(c2nc3ccccc3s2)CC1)N1CC[C@@H]2CNC[C@@H]2CC1. The van der Waals surface area contributed by atoms with E-state index in [4.69, 9.17) is 4.98 Å². The van der Waals surface area contributed by atoms with Crippen LogP contribution in [0.5, 0.6) is 0 Å². The van der Waals surface area contributed by atoms with Gasteiger partial charge in [-0.25, -0.2) is 4.98 Å². The van der Waals surface area contributed by atoms with Gasteiger partial charge in [-0.05, 0) is 62.7 Å². The lowest BCUT2D eigenvalue weighted by Crippen LogP contribution is -2.43. The number of benzene rings is 1. The van der Waals surface area contributed by atoms with Crippen LogP contribution in [0.1, 0.15) is 25.7 Å². The number of amides is 1. The first-order valence-corrected chi connectivity index (χ1v) is 11.2. The minimum Gasteiger partial charge on any atom is -0.348 e. The Labute approximate surface area is 164 Å². The van der Waals surface area contributed by atoms with Crippen molar-refractivity contribution in [2.45, 2.75) is 25.7 Å². The largest absolute Gasteiger partial charge is 0.348 e. The van der Waals surface area contributed by atoms with Crippen LogP contribution in [0.4, 0.5) is 5.13 Å². The van der Waals surface area contributed by atoms with E-state index >= 15 is 0 Å². The molecular formula is C21H28N4OS. The van der Waals surface area contributed by atoms with E-state index in [1.807, 2.05) is 6.07 Å². The molecule has 1 N–H and O–H groups in total. The van der Waals surface area contributed by atoms with Crippen LogP contribution in [-0.2, 0) is 4.79 Å². The van der Waals surface area contributed by atoms with Crippen molar-refractivity contribution in [2.24, 2.45) is 17.8 Å². The molecule has 6 heteroatoms. The van der Waals surface area contributed by atoms with Crippen LogP contribution in [0.25, 0.3) is 10.2 Å². The van der Waals surface area contributed by atoms with E-state index in [0.717, 1.165) is 74.6 Å². The molecule has 144 valence electrons. The van der Waals surface area contributed by atoms with E-state index in [-0.39, 0.29) is 5.92 Å². The van der Waals surface area contributed by atoms with Gasteiger partial charge in [0.25, 0.3) is 0 Å². The summed E-state index contributed by atoms with van der Waals surface area (Å²) in [6, 6.07) is 8.33. The quantitative estimate of drug-likeness (QED) is 0.865. The summed E-state index contributed by atoms with van der Waals surface area (Å²) in [4.78, 5) is 22.4. The zero-order valence-electron chi connectivity index (χ0n) is 15.8. The molecule has 0 aliphatic carbocycles. The highest BCUT2D eigenvalue weighted by atomic mass is 32.1. The van der Waals surface area contributed by atoms with Crippen molar-refractivity contribution in [2.75, 3.05) is 44.2 Å². The molecule has 1 aromatic carbocycles. The Kier molecular flexibility index (Phi) is 4.78. The van der Waals surface area contributed by atoms with Gasteiger partial charge in [-0.15, -0.1) is 0 Å². The lowest BCUT2D eigenvalue weighted by Gasteiger charge is -2.34. The monoisotopic (exact) mass is 384 g/mol. The van der Waals surface area contributed by atoms with Gasteiger partial charge in [-0.3, -0.25) is 4.79 Å². The molecule has 5 nitrogen and oxygen atoms in total. The molecule has 1 amide bonds. The van der Waals surface area contributed by atoms with Gasteiger partial charge in [0.1, 0.15) is 0 Å². The summed E-state index contributed by atoms with van der Waals surface area (Å²) in [7, 11) is 0. The molecule has 0 bridgehead atoms. The zero-order chi connectivity index (χ0) is 18.2. The number of piperidine rings is 1. The highest BCUT2D eigenvalue weighted by Crippen LogP contribution is 2.33. The number of anilines is 1. The molecule has 3 saturated heterocycles. The van der Waals surface area contributed by atoms with Crippen molar-refractivity contribution in [1.29, 1.82) is 0 Å². The van der Waals surface area contributed by atoms with Crippen molar-refractivity contribution in [3.05, 3.63) is 24.3 Å². The molecule has 0 saturated carbocycles. The molecule has 4 heterocycles. The van der Waals surface area contributed by atoms with E-state index in [0.29, 0.717) is 5.91 Å². The number of rotatable bonds is 2. The van der Waals surface area contributed by atoms with Gasteiger partial charge in [0.2, 0.25) is 5.91 Å². The van der Waals surface area contributed by atoms with Gasteiger partial charge in [0.05, 0.1) is 10.2 Å². The van der Waals surface area contributed by atoms with Gasteiger partial charge >= 0.3 is 0 Å². The summed E-state index contributed by atoms with van der Waals surface area (Å²) in [5, 5.41) is 4.62. The molecule has 0 spiro atoms. The second-order valence-corrected chi connectivity index (χ2v) is 9.32. The van der Waals surface area contributed by atoms with Crippen LogP contribution < -0.4 is 10.2 Å². The van der Waals surface area contributed by atoms with Gasteiger partial charge in [0, 0.05) is 32.1 Å². The summed E-state index contributed by atoms with van der Waals surface area (Å²) >= 11 is 1.77. The first-order valence-electron chi connectivity index (χ1n) is 10.4. The smallest absolute Gasteiger partial charge is 0.225 e. The third kappa shape index (κ3) is 3.45.